The van der Waals surface area contributed by atoms with E-state index in [-0.39, 0.29) is 6.03 Å². The number of hydrogen-bond acceptors (Lipinski definition) is 1. The fourth-order valence-corrected chi connectivity index (χ4v) is 1.55. The summed E-state index contributed by atoms with van der Waals surface area (Å²) in [7, 11) is 1.84. The van der Waals surface area contributed by atoms with E-state index in [0.29, 0.717) is 0 Å². The molecule has 0 saturated heterocycles. The molecule has 0 aromatic heterocycles. The van der Waals surface area contributed by atoms with Crippen LogP contribution in [0.5, 0.6) is 0 Å². The van der Waals surface area contributed by atoms with E-state index in [1.54, 1.807) is 4.90 Å². The van der Waals surface area contributed by atoms with Crippen molar-refractivity contribution in [3.63, 3.8) is 0 Å². The molecule has 0 radical (unpaired) electrons. The van der Waals surface area contributed by atoms with Gasteiger partial charge in [-0.25, -0.2) is 4.79 Å². The highest BCUT2D eigenvalue weighted by atomic mass is 16.2. The molecule has 0 bridgehead atoms. The Kier molecular flexibility index (Phi) is 6.15. The maximum Gasteiger partial charge on any atom is 0.317 e. The van der Waals surface area contributed by atoms with E-state index >= 15 is 0 Å². The molecule has 0 atom stereocenters. The van der Waals surface area contributed by atoms with E-state index in [2.05, 4.69) is 24.4 Å². The summed E-state index contributed by atoms with van der Waals surface area (Å²) in [5.74, 6) is 0. The van der Waals surface area contributed by atoms with Crippen LogP contribution in [0.25, 0.3) is 0 Å². The Morgan fingerprint density at radius 2 is 2.00 bits per heavy atom. The SMILES string of the molecule is CCCCNC(=O)N(C)CCc1ccccc1. The third-order valence-corrected chi connectivity index (χ3v) is 2.73. The van der Waals surface area contributed by atoms with Gasteiger partial charge in [0.15, 0.2) is 0 Å². The van der Waals surface area contributed by atoms with Gasteiger partial charge >= 0.3 is 6.03 Å². The zero-order valence-corrected chi connectivity index (χ0v) is 10.8. The zero-order chi connectivity index (χ0) is 12.5. The van der Waals surface area contributed by atoms with Gasteiger partial charge < -0.3 is 10.2 Å². The molecule has 94 valence electrons. The Bertz CT molecular complexity index is 324. The topological polar surface area (TPSA) is 32.3 Å². The van der Waals surface area contributed by atoms with Crippen LogP contribution in [0.15, 0.2) is 30.3 Å². The van der Waals surface area contributed by atoms with Crippen LogP contribution in [-0.4, -0.2) is 31.1 Å². The molecule has 0 spiro atoms. The van der Waals surface area contributed by atoms with Gasteiger partial charge in [0.1, 0.15) is 0 Å². The maximum atomic E-state index is 11.7. The summed E-state index contributed by atoms with van der Waals surface area (Å²) in [5.41, 5.74) is 1.26. The molecule has 1 N–H and O–H groups in total. The number of amides is 2. The van der Waals surface area contributed by atoms with Gasteiger partial charge in [0.05, 0.1) is 0 Å². The number of hydrogen-bond donors (Lipinski definition) is 1. The molecule has 0 aliphatic heterocycles. The van der Waals surface area contributed by atoms with Crippen molar-refractivity contribution in [3.05, 3.63) is 35.9 Å². The van der Waals surface area contributed by atoms with Crippen LogP contribution in [0.2, 0.25) is 0 Å². The summed E-state index contributed by atoms with van der Waals surface area (Å²) in [6, 6.07) is 10.2. The number of unbranched alkanes of at least 4 members (excludes halogenated alkanes) is 1. The van der Waals surface area contributed by atoms with Crippen molar-refractivity contribution < 1.29 is 4.79 Å². The van der Waals surface area contributed by atoms with Gasteiger partial charge in [-0.15, -0.1) is 0 Å². The number of carbonyl (C=O) groups excluding carboxylic acids is 1. The summed E-state index contributed by atoms with van der Waals surface area (Å²) in [5, 5.41) is 2.91. The minimum atomic E-state index is 0.0226. The van der Waals surface area contributed by atoms with Crippen LogP contribution in [0.3, 0.4) is 0 Å². The first-order valence-corrected chi connectivity index (χ1v) is 6.27. The lowest BCUT2D eigenvalue weighted by Gasteiger charge is -2.17. The van der Waals surface area contributed by atoms with Gasteiger partial charge in [-0.1, -0.05) is 43.7 Å². The summed E-state index contributed by atoms with van der Waals surface area (Å²) < 4.78 is 0. The van der Waals surface area contributed by atoms with Crippen molar-refractivity contribution in [2.45, 2.75) is 26.2 Å². The van der Waals surface area contributed by atoms with Crippen molar-refractivity contribution >= 4 is 6.03 Å². The molecule has 0 aliphatic rings. The maximum absolute atomic E-state index is 11.7. The van der Waals surface area contributed by atoms with E-state index in [0.717, 1.165) is 32.4 Å². The van der Waals surface area contributed by atoms with E-state index in [4.69, 9.17) is 0 Å². The first-order valence-electron chi connectivity index (χ1n) is 6.27. The second kappa shape index (κ2) is 7.71. The van der Waals surface area contributed by atoms with Gasteiger partial charge in [-0.05, 0) is 18.4 Å². The molecular weight excluding hydrogens is 212 g/mol. The summed E-state index contributed by atoms with van der Waals surface area (Å²) in [6.45, 7) is 3.64. The van der Waals surface area contributed by atoms with Gasteiger partial charge in [0, 0.05) is 20.1 Å². The van der Waals surface area contributed by atoms with Crippen molar-refractivity contribution in [2.75, 3.05) is 20.1 Å². The minimum Gasteiger partial charge on any atom is -0.338 e. The second-order valence-corrected chi connectivity index (χ2v) is 4.24. The molecule has 1 aromatic carbocycles. The van der Waals surface area contributed by atoms with E-state index in [1.807, 2.05) is 25.2 Å². The van der Waals surface area contributed by atoms with Crippen LogP contribution in [0.1, 0.15) is 25.3 Å². The monoisotopic (exact) mass is 234 g/mol. The highest BCUT2D eigenvalue weighted by Gasteiger charge is 2.06. The molecule has 1 aromatic rings. The molecule has 3 nitrogen and oxygen atoms in total. The first-order chi connectivity index (χ1) is 8.24. The molecule has 0 aliphatic carbocycles. The van der Waals surface area contributed by atoms with Gasteiger partial charge in [-0.3, -0.25) is 0 Å². The molecule has 0 fully saturated rings. The van der Waals surface area contributed by atoms with E-state index in [9.17, 15) is 4.79 Å². The number of carbonyl (C=O) groups is 1. The van der Waals surface area contributed by atoms with Crippen LogP contribution >= 0.6 is 0 Å². The van der Waals surface area contributed by atoms with E-state index < -0.39 is 0 Å². The average Bonchev–Trinajstić information content (AvgIpc) is 2.37. The predicted molar refractivity (Wildman–Crippen MR) is 71.1 cm³/mol. The standard InChI is InChI=1S/C14H22N2O/c1-3-4-11-15-14(17)16(2)12-10-13-8-6-5-7-9-13/h5-9H,3-4,10-12H2,1-2H3,(H,15,17). The average molecular weight is 234 g/mol. The second-order valence-electron chi connectivity index (χ2n) is 4.24. The Hall–Kier alpha value is -1.51. The molecule has 0 unspecified atom stereocenters. The number of urea groups is 1. The molecular formula is C14H22N2O. The van der Waals surface area contributed by atoms with Gasteiger partial charge in [0.25, 0.3) is 0 Å². The lowest BCUT2D eigenvalue weighted by Crippen LogP contribution is -2.38. The largest absolute Gasteiger partial charge is 0.338 e. The number of likely N-dealkylation sites (N-methyl/N-ethyl adjacent to an activating group) is 1. The van der Waals surface area contributed by atoms with Gasteiger partial charge in [0.2, 0.25) is 0 Å². The minimum absolute atomic E-state index is 0.0226. The molecule has 2 amide bonds. The van der Waals surface area contributed by atoms with E-state index in [1.165, 1.54) is 5.56 Å². The molecule has 0 heterocycles. The van der Waals surface area contributed by atoms with Crippen molar-refractivity contribution in [2.24, 2.45) is 0 Å². The third-order valence-electron chi connectivity index (χ3n) is 2.73. The Balaban J connectivity index is 2.24. The Morgan fingerprint density at radius 1 is 1.29 bits per heavy atom. The number of benzene rings is 1. The number of nitrogens with one attached hydrogen (secondary N) is 1. The summed E-state index contributed by atoms with van der Waals surface area (Å²) in [6.07, 6.45) is 3.05. The number of nitrogens with zero attached hydrogens (tertiary/aromatic N) is 1. The van der Waals surface area contributed by atoms with Crippen LogP contribution in [0.4, 0.5) is 4.79 Å². The van der Waals surface area contributed by atoms with Crippen LogP contribution in [-0.2, 0) is 6.42 Å². The van der Waals surface area contributed by atoms with Crippen LogP contribution in [0, 0.1) is 0 Å². The molecule has 3 heteroatoms. The van der Waals surface area contributed by atoms with Crippen molar-refractivity contribution in [3.8, 4) is 0 Å². The smallest absolute Gasteiger partial charge is 0.317 e. The fraction of sp³-hybridized carbons (Fsp3) is 0.500. The molecule has 0 saturated carbocycles. The lowest BCUT2D eigenvalue weighted by molar-refractivity contribution is 0.209. The van der Waals surface area contributed by atoms with Gasteiger partial charge in [-0.2, -0.15) is 0 Å². The fourth-order valence-electron chi connectivity index (χ4n) is 1.55. The highest BCUT2D eigenvalue weighted by molar-refractivity contribution is 5.73. The Labute approximate surface area is 104 Å². The first kappa shape index (κ1) is 13.6. The molecule has 17 heavy (non-hydrogen) atoms. The van der Waals surface area contributed by atoms with Crippen molar-refractivity contribution in [1.82, 2.24) is 10.2 Å². The summed E-state index contributed by atoms with van der Waals surface area (Å²) >= 11 is 0. The zero-order valence-electron chi connectivity index (χ0n) is 10.8. The van der Waals surface area contributed by atoms with Crippen LogP contribution < -0.4 is 5.32 Å². The molecule has 1 rings (SSSR count). The quantitative estimate of drug-likeness (QED) is 0.754. The van der Waals surface area contributed by atoms with Crippen molar-refractivity contribution in [1.29, 1.82) is 0 Å². The lowest BCUT2D eigenvalue weighted by atomic mass is 10.1. The Morgan fingerprint density at radius 3 is 2.65 bits per heavy atom. The third kappa shape index (κ3) is 5.38. The summed E-state index contributed by atoms with van der Waals surface area (Å²) in [4.78, 5) is 13.4. The highest BCUT2D eigenvalue weighted by Crippen LogP contribution is 2.00. The normalized spacial score (nSPS) is 10.0. The number of rotatable bonds is 6. The predicted octanol–water partition coefficient (Wildman–Crippen LogP) is 2.67.